The van der Waals surface area contributed by atoms with E-state index in [-0.39, 0.29) is 16.2 Å². The lowest BCUT2D eigenvalue weighted by Gasteiger charge is -2.11. The lowest BCUT2D eigenvalue weighted by molar-refractivity contribution is 0.146. The second-order valence-electron chi connectivity index (χ2n) is 3.71. The van der Waals surface area contributed by atoms with Crippen LogP contribution in [0.2, 0.25) is 5.02 Å². The predicted octanol–water partition coefficient (Wildman–Crippen LogP) is 4.40. The van der Waals surface area contributed by atoms with Crippen molar-refractivity contribution in [3.8, 4) is 0 Å². The summed E-state index contributed by atoms with van der Waals surface area (Å²) in [4.78, 5) is 3.73. The third kappa shape index (κ3) is 2.36. The lowest BCUT2D eigenvalue weighted by atomic mass is 10.1. The molecule has 1 heterocycles. The largest absolute Gasteiger partial charge is 0.385 e. The summed E-state index contributed by atoms with van der Waals surface area (Å²) in [6.45, 7) is 2.39. The second-order valence-corrected chi connectivity index (χ2v) is 4.12. The van der Waals surface area contributed by atoms with Gasteiger partial charge in [0, 0.05) is 23.7 Å². The van der Waals surface area contributed by atoms with Crippen molar-refractivity contribution < 1.29 is 13.2 Å². The molecular formula is C12H10ClF3N2. The number of halogens is 4. The normalized spacial score (nSPS) is 11.2. The van der Waals surface area contributed by atoms with E-state index < -0.39 is 12.2 Å². The number of anilines is 1. The van der Waals surface area contributed by atoms with Crippen molar-refractivity contribution >= 4 is 28.2 Å². The van der Waals surface area contributed by atoms with E-state index in [9.17, 15) is 13.2 Å². The average Bonchev–Trinajstić information content (AvgIpc) is 2.31. The van der Waals surface area contributed by atoms with E-state index in [0.29, 0.717) is 17.6 Å². The van der Waals surface area contributed by atoms with E-state index in [2.05, 4.69) is 10.3 Å². The number of pyridine rings is 1. The first-order valence-corrected chi connectivity index (χ1v) is 5.72. The highest BCUT2D eigenvalue weighted by atomic mass is 35.5. The number of fused-ring (bicyclic) bond motifs is 1. The summed E-state index contributed by atoms with van der Waals surface area (Å²) in [7, 11) is 0. The molecule has 1 aromatic carbocycles. The number of nitrogens with one attached hydrogen (secondary N) is 1. The molecule has 0 fully saturated rings. The van der Waals surface area contributed by atoms with E-state index >= 15 is 0 Å². The molecule has 0 unspecified atom stereocenters. The van der Waals surface area contributed by atoms with Crippen LogP contribution in [0.15, 0.2) is 18.2 Å². The van der Waals surface area contributed by atoms with E-state index in [1.54, 1.807) is 0 Å². The van der Waals surface area contributed by atoms with Crippen molar-refractivity contribution in [2.45, 2.75) is 13.3 Å². The van der Waals surface area contributed by atoms with Crippen molar-refractivity contribution in [1.29, 1.82) is 0 Å². The van der Waals surface area contributed by atoms with Crippen LogP contribution in [0.3, 0.4) is 0 Å². The molecule has 0 radical (unpaired) electrons. The van der Waals surface area contributed by atoms with E-state index in [1.165, 1.54) is 12.1 Å². The Bertz CT molecular complexity index is 587. The predicted molar refractivity (Wildman–Crippen MR) is 65.8 cm³/mol. The SMILES string of the molecule is CCNc1cc(C(F)F)nc2cc(F)c(Cl)cc12. The van der Waals surface area contributed by atoms with Crippen molar-refractivity contribution in [1.82, 2.24) is 4.98 Å². The van der Waals surface area contributed by atoms with Crippen molar-refractivity contribution in [3.63, 3.8) is 0 Å². The quantitative estimate of drug-likeness (QED) is 0.897. The molecule has 0 bridgehead atoms. The molecule has 1 N–H and O–H groups in total. The zero-order valence-electron chi connectivity index (χ0n) is 9.48. The minimum absolute atomic E-state index is 0.0618. The number of hydrogen-bond donors (Lipinski definition) is 1. The molecule has 0 aliphatic heterocycles. The summed E-state index contributed by atoms with van der Waals surface area (Å²) >= 11 is 5.68. The van der Waals surface area contributed by atoms with Gasteiger partial charge in [0.1, 0.15) is 11.5 Å². The van der Waals surface area contributed by atoms with Crippen LogP contribution in [0.1, 0.15) is 19.0 Å². The fourth-order valence-electron chi connectivity index (χ4n) is 1.69. The molecule has 0 atom stereocenters. The fraction of sp³-hybridized carbons (Fsp3) is 0.250. The van der Waals surface area contributed by atoms with Gasteiger partial charge in [0.25, 0.3) is 6.43 Å². The minimum atomic E-state index is -2.70. The zero-order chi connectivity index (χ0) is 13.3. The molecule has 0 aliphatic carbocycles. The van der Waals surface area contributed by atoms with Crippen LogP contribution in [-0.4, -0.2) is 11.5 Å². The highest BCUT2D eigenvalue weighted by Gasteiger charge is 2.14. The maximum atomic E-state index is 13.3. The number of benzene rings is 1. The Morgan fingerprint density at radius 3 is 2.67 bits per heavy atom. The Hall–Kier alpha value is -1.49. The van der Waals surface area contributed by atoms with Crippen LogP contribution in [0.25, 0.3) is 10.9 Å². The summed E-state index contributed by atoms with van der Waals surface area (Å²) in [5, 5.41) is 3.40. The topological polar surface area (TPSA) is 24.9 Å². The first-order valence-electron chi connectivity index (χ1n) is 5.34. The molecule has 96 valence electrons. The van der Waals surface area contributed by atoms with Crippen LogP contribution < -0.4 is 5.32 Å². The zero-order valence-corrected chi connectivity index (χ0v) is 10.2. The van der Waals surface area contributed by atoms with Crippen molar-refractivity contribution in [2.75, 3.05) is 11.9 Å². The first-order chi connectivity index (χ1) is 8.52. The van der Waals surface area contributed by atoms with Gasteiger partial charge in [-0.3, -0.25) is 0 Å². The lowest BCUT2D eigenvalue weighted by Crippen LogP contribution is -2.01. The third-order valence-corrected chi connectivity index (χ3v) is 2.75. The van der Waals surface area contributed by atoms with Gasteiger partial charge in [-0.1, -0.05) is 11.6 Å². The highest BCUT2D eigenvalue weighted by molar-refractivity contribution is 6.31. The van der Waals surface area contributed by atoms with Gasteiger partial charge in [-0.15, -0.1) is 0 Å². The van der Waals surface area contributed by atoms with Crippen LogP contribution in [0.5, 0.6) is 0 Å². The van der Waals surface area contributed by atoms with E-state index in [1.807, 2.05) is 6.92 Å². The smallest absolute Gasteiger partial charge is 0.280 e. The molecule has 18 heavy (non-hydrogen) atoms. The molecule has 1 aromatic heterocycles. The van der Waals surface area contributed by atoms with Gasteiger partial charge in [-0.25, -0.2) is 18.2 Å². The molecule has 0 aliphatic rings. The van der Waals surface area contributed by atoms with Crippen LogP contribution >= 0.6 is 11.6 Å². The molecule has 2 nitrogen and oxygen atoms in total. The molecular weight excluding hydrogens is 265 g/mol. The molecule has 2 rings (SSSR count). The monoisotopic (exact) mass is 274 g/mol. The second kappa shape index (κ2) is 5.02. The van der Waals surface area contributed by atoms with Gasteiger partial charge in [0.05, 0.1) is 10.5 Å². The van der Waals surface area contributed by atoms with Gasteiger partial charge in [-0.2, -0.15) is 0 Å². The summed E-state index contributed by atoms with van der Waals surface area (Å²) < 4.78 is 38.7. The summed E-state index contributed by atoms with van der Waals surface area (Å²) in [5.74, 6) is -0.675. The Kier molecular flexibility index (Phi) is 3.61. The fourth-order valence-corrected chi connectivity index (χ4v) is 1.85. The first kappa shape index (κ1) is 13.0. The Morgan fingerprint density at radius 2 is 2.06 bits per heavy atom. The molecule has 2 aromatic rings. The summed E-state index contributed by atoms with van der Waals surface area (Å²) in [5.41, 5.74) is 0.241. The van der Waals surface area contributed by atoms with E-state index in [4.69, 9.17) is 11.6 Å². The van der Waals surface area contributed by atoms with E-state index in [0.717, 1.165) is 6.07 Å². The number of aromatic nitrogens is 1. The van der Waals surface area contributed by atoms with Gasteiger partial charge in [-0.05, 0) is 19.1 Å². The van der Waals surface area contributed by atoms with Crippen LogP contribution in [-0.2, 0) is 0 Å². The van der Waals surface area contributed by atoms with Gasteiger partial charge >= 0.3 is 0 Å². The van der Waals surface area contributed by atoms with Gasteiger partial charge in [0.2, 0.25) is 0 Å². The van der Waals surface area contributed by atoms with Crippen molar-refractivity contribution in [3.05, 3.63) is 34.7 Å². The minimum Gasteiger partial charge on any atom is -0.385 e. The Balaban J connectivity index is 2.72. The number of nitrogens with zero attached hydrogens (tertiary/aromatic N) is 1. The summed E-state index contributed by atoms with van der Waals surface area (Å²) in [6, 6.07) is 3.70. The van der Waals surface area contributed by atoms with Gasteiger partial charge < -0.3 is 5.32 Å². The Labute approximate surface area is 107 Å². The molecule has 0 spiro atoms. The third-order valence-electron chi connectivity index (χ3n) is 2.46. The average molecular weight is 275 g/mol. The van der Waals surface area contributed by atoms with Crippen molar-refractivity contribution in [2.24, 2.45) is 0 Å². The molecule has 0 amide bonds. The van der Waals surface area contributed by atoms with Crippen LogP contribution in [0, 0.1) is 5.82 Å². The molecule has 6 heteroatoms. The maximum Gasteiger partial charge on any atom is 0.280 e. The van der Waals surface area contributed by atoms with Crippen LogP contribution in [0.4, 0.5) is 18.9 Å². The summed E-state index contributed by atoms with van der Waals surface area (Å²) in [6.07, 6.45) is -2.70. The van der Waals surface area contributed by atoms with Gasteiger partial charge in [0.15, 0.2) is 0 Å². The highest BCUT2D eigenvalue weighted by Crippen LogP contribution is 2.30. The number of alkyl halides is 2. The standard InChI is InChI=1S/C12H10ClF3N2/c1-2-17-9-5-11(12(15)16)18-10-4-8(14)7(13)3-6(9)10/h3-5,12H,2H2,1H3,(H,17,18). The molecule has 0 saturated carbocycles. The maximum absolute atomic E-state index is 13.3. The molecule has 0 saturated heterocycles. The Morgan fingerprint density at radius 1 is 1.33 bits per heavy atom. The number of hydrogen-bond acceptors (Lipinski definition) is 2. The number of rotatable bonds is 3.